The van der Waals surface area contributed by atoms with Crippen molar-refractivity contribution in [2.45, 2.75) is 34.6 Å². The molecule has 0 unspecified atom stereocenters. The first-order valence-electron chi connectivity index (χ1n) is 12.2. The van der Waals surface area contributed by atoms with Crippen LogP contribution in [0.15, 0.2) is 47.4 Å². The minimum atomic E-state index is -0.368. The molecule has 0 fully saturated rings. The topological polar surface area (TPSA) is 101 Å². The van der Waals surface area contributed by atoms with Crippen LogP contribution in [-0.2, 0) is 0 Å². The molecule has 0 spiro atoms. The average molecular weight is 537 g/mol. The highest BCUT2D eigenvalue weighted by Crippen LogP contribution is 2.37. The number of nitrogens with zero attached hydrogens (tertiary/aromatic N) is 1. The lowest BCUT2D eigenvalue weighted by molar-refractivity contribution is 0.0960. The highest BCUT2D eigenvalue weighted by molar-refractivity contribution is 7.20. The second-order valence-corrected chi connectivity index (χ2v) is 9.89. The summed E-state index contributed by atoms with van der Waals surface area (Å²) in [7, 11) is 0. The van der Waals surface area contributed by atoms with E-state index < -0.39 is 0 Å². The number of amides is 3. The molecule has 2 aromatic carbocycles. The Morgan fingerprint density at radius 2 is 1.66 bits per heavy atom. The van der Waals surface area contributed by atoms with Crippen molar-refractivity contribution >= 4 is 39.2 Å². The quantitative estimate of drug-likeness (QED) is 0.278. The van der Waals surface area contributed by atoms with E-state index in [0.717, 1.165) is 11.3 Å². The van der Waals surface area contributed by atoms with E-state index >= 15 is 0 Å². The maximum Gasteiger partial charge on any atom is 0.319 e. The minimum Gasteiger partial charge on any atom is -0.455 e. The number of benzene rings is 2. The third-order valence-electron chi connectivity index (χ3n) is 5.87. The van der Waals surface area contributed by atoms with Gasteiger partial charge in [-0.15, -0.1) is 11.3 Å². The molecule has 0 aliphatic heterocycles. The van der Waals surface area contributed by atoms with E-state index in [1.807, 2.05) is 13.8 Å². The van der Waals surface area contributed by atoms with Gasteiger partial charge in [-0.05, 0) is 82.1 Å². The molecule has 10 heteroatoms. The molecule has 38 heavy (non-hydrogen) atoms. The number of halogens is 1. The molecule has 4 aromatic rings. The molecule has 2 heterocycles. The Morgan fingerprint density at radius 3 is 2.32 bits per heavy atom. The van der Waals surface area contributed by atoms with Gasteiger partial charge in [0.2, 0.25) is 5.43 Å². The zero-order valence-corrected chi connectivity index (χ0v) is 22.6. The van der Waals surface area contributed by atoms with Gasteiger partial charge in [-0.25, -0.2) is 9.18 Å². The summed E-state index contributed by atoms with van der Waals surface area (Å²) in [6, 6.07) is 9.23. The van der Waals surface area contributed by atoms with E-state index in [2.05, 4.69) is 16.0 Å². The Balaban J connectivity index is 1.94. The van der Waals surface area contributed by atoms with E-state index in [1.165, 1.54) is 12.1 Å². The summed E-state index contributed by atoms with van der Waals surface area (Å²) in [5, 5.41) is 8.26. The van der Waals surface area contributed by atoms with Crippen molar-refractivity contribution in [3.63, 3.8) is 0 Å². The van der Waals surface area contributed by atoms with Gasteiger partial charge in [-0.1, -0.05) is 0 Å². The van der Waals surface area contributed by atoms with Crippen LogP contribution in [0, 0.1) is 26.6 Å². The first-order chi connectivity index (χ1) is 18.1. The molecule has 0 aliphatic carbocycles. The van der Waals surface area contributed by atoms with Crippen LogP contribution in [0.5, 0.6) is 11.5 Å². The number of aromatic nitrogens is 1. The zero-order chi connectivity index (χ0) is 27.6. The molecular formula is C28H29FN4O4S. The van der Waals surface area contributed by atoms with Crippen molar-refractivity contribution in [3.8, 4) is 17.2 Å². The van der Waals surface area contributed by atoms with Crippen LogP contribution in [0.3, 0.4) is 0 Å². The fraction of sp³-hybridized carbons (Fsp3) is 0.250. The summed E-state index contributed by atoms with van der Waals surface area (Å²) in [6.45, 7) is 9.78. The van der Waals surface area contributed by atoms with Gasteiger partial charge < -0.3 is 25.3 Å². The van der Waals surface area contributed by atoms with Crippen LogP contribution < -0.4 is 26.1 Å². The van der Waals surface area contributed by atoms with E-state index in [4.69, 9.17) is 4.74 Å². The molecule has 0 aliphatic rings. The lowest BCUT2D eigenvalue weighted by atomic mass is 10.1. The highest BCUT2D eigenvalue weighted by atomic mass is 32.1. The molecule has 3 amide bonds. The van der Waals surface area contributed by atoms with Crippen LogP contribution in [0.1, 0.15) is 40.2 Å². The lowest BCUT2D eigenvalue weighted by Gasteiger charge is -2.19. The number of hydrogen-bond donors (Lipinski definition) is 3. The number of carbonyl (C=O) groups excluding carboxylic acids is 2. The van der Waals surface area contributed by atoms with Gasteiger partial charge in [-0.2, -0.15) is 0 Å². The number of hydrogen-bond acceptors (Lipinski definition) is 5. The summed E-state index contributed by atoms with van der Waals surface area (Å²) in [6.07, 6.45) is 1.68. The molecule has 8 nitrogen and oxygen atoms in total. The third kappa shape index (κ3) is 5.40. The van der Waals surface area contributed by atoms with E-state index in [9.17, 15) is 18.8 Å². The van der Waals surface area contributed by atoms with Gasteiger partial charge in [0, 0.05) is 30.5 Å². The summed E-state index contributed by atoms with van der Waals surface area (Å²) >= 11 is 1.13. The van der Waals surface area contributed by atoms with Crippen molar-refractivity contribution in [1.29, 1.82) is 0 Å². The Kier molecular flexibility index (Phi) is 7.82. The van der Waals surface area contributed by atoms with Gasteiger partial charge in [0.05, 0.1) is 20.8 Å². The Hall–Kier alpha value is -4.18. The number of thiophene rings is 1. The molecule has 0 radical (unpaired) electrons. The lowest BCUT2D eigenvalue weighted by Crippen LogP contribution is -2.28. The first-order valence-corrected chi connectivity index (χ1v) is 13.0. The summed E-state index contributed by atoms with van der Waals surface area (Å²) in [4.78, 5) is 38.2. The Morgan fingerprint density at radius 1 is 0.974 bits per heavy atom. The van der Waals surface area contributed by atoms with Crippen molar-refractivity contribution in [1.82, 2.24) is 15.2 Å². The smallest absolute Gasteiger partial charge is 0.319 e. The maximum absolute atomic E-state index is 13.9. The van der Waals surface area contributed by atoms with E-state index in [0.29, 0.717) is 67.7 Å². The van der Waals surface area contributed by atoms with E-state index in [1.54, 1.807) is 55.8 Å². The predicted octanol–water partition coefficient (Wildman–Crippen LogP) is 5.80. The fourth-order valence-corrected chi connectivity index (χ4v) is 5.23. The molecular weight excluding hydrogens is 507 g/mol. The molecule has 3 N–H and O–H groups in total. The molecule has 198 valence electrons. The van der Waals surface area contributed by atoms with E-state index in [-0.39, 0.29) is 23.2 Å². The number of fused-ring (bicyclic) bond motifs is 1. The number of ether oxygens (including phenoxy) is 1. The number of pyridine rings is 1. The molecule has 0 atom stereocenters. The zero-order valence-electron chi connectivity index (χ0n) is 21.8. The van der Waals surface area contributed by atoms with Gasteiger partial charge >= 0.3 is 6.03 Å². The molecule has 4 rings (SSSR count). The minimum absolute atomic E-state index is 0.166. The van der Waals surface area contributed by atoms with Gasteiger partial charge in [-0.3, -0.25) is 9.59 Å². The molecule has 0 bridgehead atoms. The van der Waals surface area contributed by atoms with Gasteiger partial charge in [0.25, 0.3) is 5.91 Å². The van der Waals surface area contributed by atoms with Crippen molar-refractivity contribution in [3.05, 3.63) is 80.2 Å². The van der Waals surface area contributed by atoms with Crippen LogP contribution in [-0.4, -0.2) is 29.6 Å². The van der Waals surface area contributed by atoms with Gasteiger partial charge in [0.1, 0.15) is 11.6 Å². The van der Waals surface area contributed by atoms with Crippen molar-refractivity contribution in [2.24, 2.45) is 0 Å². The second-order valence-electron chi connectivity index (χ2n) is 8.83. The van der Waals surface area contributed by atoms with Crippen molar-refractivity contribution in [2.75, 3.05) is 18.4 Å². The predicted molar refractivity (Wildman–Crippen MR) is 149 cm³/mol. The number of anilines is 1. The largest absolute Gasteiger partial charge is 0.455 e. The molecule has 0 saturated carbocycles. The van der Waals surface area contributed by atoms with Gasteiger partial charge in [0.15, 0.2) is 5.75 Å². The van der Waals surface area contributed by atoms with Crippen molar-refractivity contribution < 1.29 is 18.7 Å². The third-order valence-corrected chi connectivity index (χ3v) is 6.99. The fourth-order valence-electron chi connectivity index (χ4n) is 4.16. The van der Waals surface area contributed by atoms with Crippen LogP contribution in [0.2, 0.25) is 0 Å². The number of carbonyl (C=O) groups is 2. The summed E-state index contributed by atoms with van der Waals surface area (Å²) in [5.74, 6) is 0.291. The first kappa shape index (κ1) is 26.9. The second kappa shape index (κ2) is 11.1. The maximum atomic E-state index is 13.9. The standard InChI is InChI=1S/C28H29FN4O4S/c1-6-30-27(35)23-13-21-26(38-23)24(34)17(5)14-33(21)20-12-19(32-28(36)31-7-2)8-9-22(20)37-25-15(3)10-18(29)11-16(25)4/h8-14H,6-7H2,1-5H3,(H,30,35)(H2,31,32,36). The number of nitrogens with one attached hydrogen (secondary N) is 3. The SMILES string of the molecule is CCNC(=O)Nc1ccc(Oc2c(C)cc(F)cc2C)c(-n2cc(C)c(=O)c3sc(C(=O)NCC)cc32)c1. The molecule has 0 saturated heterocycles. The van der Waals surface area contributed by atoms with Crippen LogP contribution in [0.25, 0.3) is 15.9 Å². The van der Waals surface area contributed by atoms with Crippen LogP contribution in [0.4, 0.5) is 14.9 Å². The summed E-state index contributed by atoms with van der Waals surface area (Å²) < 4.78 is 22.5. The monoisotopic (exact) mass is 536 g/mol. The highest BCUT2D eigenvalue weighted by Gasteiger charge is 2.19. The number of rotatable bonds is 7. The van der Waals surface area contributed by atoms with Crippen LogP contribution >= 0.6 is 11.3 Å². The molecule has 2 aromatic heterocycles. The summed E-state index contributed by atoms with van der Waals surface area (Å²) in [5.41, 5.74) is 3.09. The number of aryl methyl sites for hydroxylation is 3. The Labute approximate surface area is 223 Å². The average Bonchev–Trinajstić information content (AvgIpc) is 3.31. The number of urea groups is 1. The normalized spacial score (nSPS) is 10.9. The Bertz CT molecular complexity index is 1590.